The molecule has 0 spiro atoms. The molecule has 0 aliphatic heterocycles. The minimum Gasteiger partial charge on any atom is -0.321 e. The van der Waals surface area contributed by atoms with Gasteiger partial charge < -0.3 is 5.73 Å². The zero-order valence-electron chi connectivity index (χ0n) is 8.64. The highest BCUT2D eigenvalue weighted by atomic mass is 35.5. The van der Waals surface area contributed by atoms with Crippen LogP contribution in [0.15, 0.2) is 18.2 Å². The van der Waals surface area contributed by atoms with Crippen molar-refractivity contribution in [2.45, 2.75) is 26.3 Å². The van der Waals surface area contributed by atoms with Crippen molar-refractivity contribution in [2.24, 2.45) is 11.7 Å². The Morgan fingerprint density at radius 3 is 2.36 bits per heavy atom. The van der Waals surface area contributed by atoms with E-state index in [1.807, 2.05) is 19.1 Å². The van der Waals surface area contributed by atoms with Crippen LogP contribution in [0.3, 0.4) is 0 Å². The first-order valence-electron chi connectivity index (χ1n) is 4.60. The van der Waals surface area contributed by atoms with Gasteiger partial charge >= 0.3 is 0 Å². The fourth-order valence-electron chi connectivity index (χ4n) is 1.23. The highest BCUT2D eigenvalue weighted by molar-refractivity contribution is 6.42. The number of rotatable bonds is 2. The molecule has 1 aromatic rings. The van der Waals surface area contributed by atoms with Gasteiger partial charge in [0.15, 0.2) is 0 Å². The quantitative estimate of drug-likeness (QED) is 0.823. The molecule has 0 radical (unpaired) electrons. The SMILES string of the molecule is CC(C)C(C)(N)c1cccc(Cl)c1Cl. The Morgan fingerprint density at radius 2 is 1.86 bits per heavy atom. The molecule has 1 rings (SSSR count). The Labute approximate surface area is 95.2 Å². The number of halogens is 2. The first kappa shape index (κ1) is 11.8. The van der Waals surface area contributed by atoms with E-state index in [1.165, 1.54) is 0 Å². The maximum atomic E-state index is 6.21. The van der Waals surface area contributed by atoms with Gasteiger partial charge in [-0.05, 0) is 24.5 Å². The molecule has 0 amide bonds. The Balaban J connectivity index is 3.26. The van der Waals surface area contributed by atoms with Crippen molar-refractivity contribution in [3.8, 4) is 0 Å². The summed E-state index contributed by atoms with van der Waals surface area (Å²) in [5.41, 5.74) is 6.67. The van der Waals surface area contributed by atoms with Crippen LogP contribution in [-0.2, 0) is 5.54 Å². The topological polar surface area (TPSA) is 26.0 Å². The van der Waals surface area contributed by atoms with Crippen molar-refractivity contribution in [3.63, 3.8) is 0 Å². The summed E-state index contributed by atoms with van der Waals surface area (Å²) in [5.74, 6) is 0.304. The van der Waals surface area contributed by atoms with Crippen LogP contribution in [0.2, 0.25) is 10.0 Å². The normalized spacial score (nSPS) is 15.6. The third-order valence-corrected chi connectivity index (χ3v) is 3.55. The molecule has 0 heterocycles. The summed E-state index contributed by atoms with van der Waals surface area (Å²) in [7, 11) is 0. The highest BCUT2D eigenvalue weighted by Gasteiger charge is 2.28. The van der Waals surface area contributed by atoms with Crippen molar-refractivity contribution in [1.82, 2.24) is 0 Å². The fraction of sp³-hybridized carbons (Fsp3) is 0.455. The lowest BCUT2D eigenvalue weighted by Gasteiger charge is -2.30. The Bertz CT molecular complexity index is 332. The molecule has 0 bridgehead atoms. The van der Waals surface area contributed by atoms with Crippen LogP contribution >= 0.6 is 23.2 Å². The lowest BCUT2D eigenvalue weighted by Crippen LogP contribution is -2.38. The summed E-state index contributed by atoms with van der Waals surface area (Å²) < 4.78 is 0. The van der Waals surface area contributed by atoms with Crippen molar-refractivity contribution in [3.05, 3.63) is 33.8 Å². The average Bonchev–Trinajstić information content (AvgIpc) is 2.09. The molecule has 0 aliphatic carbocycles. The first-order valence-corrected chi connectivity index (χ1v) is 5.36. The number of hydrogen-bond donors (Lipinski definition) is 1. The third kappa shape index (κ3) is 2.05. The summed E-state index contributed by atoms with van der Waals surface area (Å²) in [6, 6.07) is 5.56. The Kier molecular flexibility index (Phi) is 3.46. The zero-order chi connectivity index (χ0) is 10.9. The van der Waals surface area contributed by atoms with E-state index in [0.717, 1.165) is 5.56 Å². The number of benzene rings is 1. The molecule has 1 aromatic carbocycles. The van der Waals surface area contributed by atoms with Gasteiger partial charge in [-0.3, -0.25) is 0 Å². The van der Waals surface area contributed by atoms with Crippen molar-refractivity contribution in [2.75, 3.05) is 0 Å². The van der Waals surface area contributed by atoms with E-state index in [9.17, 15) is 0 Å². The van der Waals surface area contributed by atoms with E-state index in [1.54, 1.807) is 6.07 Å². The monoisotopic (exact) mass is 231 g/mol. The molecule has 0 aromatic heterocycles. The van der Waals surface area contributed by atoms with Crippen LogP contribution in [0, 0.1) is 5.92 Å². The van der Waals surface area contributed by atoms with Gasteiger partial charge in [0.05, 0.1) is 10.0 Å². The van der Waals surface area contributed by atoms with Crippen LogP contribution in [0.1, 0.15) is 26.3 Å². The molecule has 14 heavy (non-hydrogen) atoms. The summed E-state index contributed by atoms with van der Waals surface area (Å²) in [6.07, 6.45) is 0. The fourth-order valence-corrected chi connectivity index (χ4v) is 1.73. The number of hydrogen-bond acceptors (Lipinski definition) is 1. The van der Waals surface area contributed by atoms with Crippen LogP contribution in [-0.4, -0.2) is 0 Å². The molecule has 0 aliphatic rings. The van der Waals surface area contributed by atoms with Gasteiger partial charge in [0.1, 0.15) is 0 Å². The highest BCUT2D eigenvalue weighted by Crippen LogP contribution is 2.35. The standard InChI is InChI=1S/C11H15Cl2N/c1-7(2)11(3,14)8-5-4-6-9(12)10(8)13/h4-7H,14H2,1-3H3. The van der Waals surface area contributed by atoms with Gasteiger partial charge in [-0.15, -0.1) is 0 Å². The smallest absolute Gasteiger partial charge is 0.0642 e. The number of nitrogens with two attached hydrogens (primary N) is 1. The van der Waals surface area contributed by atoms with Crippen LogP contribution in [0.4, 0.5) is 0 Å². The molecule has 1 nitrogen and oxygen atoms in total. The molecule has 3 heteroatoms. The second-order valence-corrected chi connectivity index (χ2v) is 4.82. The second kappa shape index (κ2) is 4.09. The molecular weight excluding hydrogens is 217 g/mol. The molecule has 1 unspecified atom stereocenters. The molecule has 0 saturated carbocycles. The van der Waals surface area contributed by atoms with Crippen LogP contribution < -0.4 is 5.73 Å². The summed E-state index contributed by atoms with van der Waals surface area (Å²) >= 11 is 12.0. The van der Waals surface area contributed by atoms with Gasteiger partial charge in [-0.2, -0.15) is 0 Å². The van der Waals surface area contributed by atoms with E-state index < -0.39 is 5.54 Å². The largest absolute Gasteiger partial charge is 0.321 e. The second-order valence-electron chi connectivity index (χ2n) is 4.04. The van der Waals surface area contributed by atoms with Gasteiger partial charge in [0, 0.05) is 5.54 Å². The molecule has 78 valence electrons. The Hall–Kier alpha value is -0.240. The zero-order valence-corrected chi connectivity index (χ0v) is 10.2. The summed E-state index contributed by atoms with van der Waals surface area (Å²) in [6.45, 7) is 6.10. The van der Waals surface area contributed by atoms with E-state index in [4.69, 9.17) is 28.9 Å². The van der Waals surface area contributed by atoms with E-state index in [0.29, 0.717) is 16.0 Å². The predicted molar refractivity (Wildman–Crippen MR) is 62.8 cm³/mol. The Morgan fingerprint density at radius 1 is 1.29 bits per heavy atom. The average molecular weight is 232 g/mol. The minimum absolute atomic E-state index is 0.304. The lowest BCUT2D eigenvalue weighted by molar-refractivity contribution is 0.351. The molecular formula is C11H15Cl2N. The minimum atomic E-state index is -0.442. The molecule has 0 saturated heterocycles. The lowest BCUT2D eigenvalue weighted by atomic mass is 9.83. The van der Waals surface area contributed by atoms with E-state index in [-0.39, 0.29) is 0 Å². The maximum Gasteiger partial charge on any atom is 0.0642 e. The summed E-state index contributed by atoms with van der Waals surface area (Å²) in [4.78, 5) is 0. The van der Waals surface area contributed by atoms with E-state index >= 15 is 0 Å². The van der Waals surface area contributed by atoms with Gasteiger partial charge in [0.25, 0.3) is 0 Å². The van der Waals surface area contributed by atoms with Crippen molar-refractivity contribution < 1.29 is 0 Å². The van der Waals surface area contributed by atoms with E-state index in [2.05, 4.69) is 13.8 Å². The molecule has 0 fully saturated rings. The van der Waals surface area contributed by atoms with Crippen LogP contribution in [0.25, 0.3) is 0 Å². The molecule has 1 atom stereocenters. The van der Waals surface area contributed by atoms with Gasteiger partial charge in [-0.25, -0.2) is 0 Å². The molecule has 2 N–H and O–H groups in total. The summed E-state index contributed by atoms with van der Waals surface area (Å²) in [5, 5.41) is 1.12. The predicted octanol–water partition coefficient (Wildman–Crippen LogP) is 3.82. The van der Waals surface area contributed by atoms with Gasteiger partial charge in [-0.1, -0.05) is 49.2 Å². The van der Waals surface area contributed by atoms with Gasteiger partial charge in [0.2, 0.25) is 0 Å². The van der Waals surface area contributed by atoms with Crippen LogP contribution in [0.5, 0.6) is 0 Å². The first-order chi connectivity index (χ1) is 6.37. The van der Waals surface area contributed by atoms with Crippen molar-refractivity contribution in [1.29, 1.82) is 0 Å². The third-order valence-electron chi connectivity index (χ3n) is 2.73. The van der Waals surface area contributed by atoms with Crippen molar-refractivity contribution >= 4 is 23.2 Å². The maximum absolute atomic E-state index is 6.21.